The minimum Gasteiger partial charge on any atom is -0.360 e. The Balaban J connectivity index is 2.21. The van der Waals surface area contributed by atoms with Crippen LogP contribution in [0.15, 0.2) is 42.6 Å². The van der Waals surface area contributed by atoms with Gasteiger partial charge in [0.05, 0.1) is 11.1 Å². The van der Waals surface area contributed by atoms with Crippen molar-refractivity contribution in [2.45, 2.75) is 6.92 Å². The van der Waals surface area contributed by atoms with Crippen molar-refractivity contribution in [2.24, 2.45) is 0 Å². The second-order valence-electron chi connectivity index (χ2n) is 4.63. The molecule has 0 spiro atoms. The molecule has 1 aromatic heterocycles. The van der Waals surface area contributed by atoms with E-state index in [0.29, 0.717) is 11.1 Å². The maximum absolute atomic E-state index is 14.0. The van der Waals surface area contributed by atoms with Gasteiger partial charge in [-0.2, -0.15) is 0 Å². The average molecular weight is 271 g/mol. The largest absolute Gasteiger partial charge is 0.360 e. The summed E-state index contributed by atoms with van der Waals surface area (Å²) in [5.41, 5.74) is 0.995. The Morgan fingerprint density at radius 2 is 1.80 bits per heavy atom. The fourth-order valence-electron chi connectivity index (χ4n) is 2.29. The van der Waals surface area contributed by atoms with Gasteiger partial charge in [-0.3, -0.25) is 4.79 Å². The number of hydrogen-bond donors (Lipinski definition) is 1. The van der Waals surface area contributed by atoms with Crippen LogP contribution in [-0.2, 0) is 0 Å². The van der Waals surface area contributed by atoms with Crippen molar-refractivity contribution in [3.8, 4) is 0 Å². The van der Waals surface area contributed by atoms with E-state index >= 15 is 0 Å². The van der Waals surface area contributed by atoms with Gasteiger partial charge in [0.25, 0.3) is 0 Å². The zero-order valence-corrected chi connectivity index (χ0v) is 10.7. The van der Waals surface area contributed by atoms with Gasteiger partial charge in [-0.05, 0) is 30.7 Å². The Hall–Kier alpha value is -2.49. The molecule has 4 heteroatoms. The van der Waals surface area contributed by atoms with E-state index in [4.69, 9.17) is 0 Å². The third-order valence-corrected chi connectivity index (χ3v) is 3.34. The monoisotopic (exact) mass is 271 g/mol. The minimum atomic E-state index is -0.566. The SMILES string of the molecule is Cc1cccc(C(=O)c2c[nH]c3cccc(F)c23)c1F. The van der Waals surface area contributed by atoms with Crippen molar-refractivity contribution in [2.75, 3.05) is 0 Å². The van der Waals surface area contributed by atoms with E-state index in [-0.39, 0.29) is 16.5 Å². The predicted molar refractivity (Wildman–Crippen MR) is 72.8 cm³/mol. The summed E-state index contributed by atoms with van der Waals surface area (Å²) in [6.07, 6.45) is 1.41. The first-order valence-corrected chi connectivity index (χ1v) is 6.15. The van der Waals surface area contributed by atoms with Crippen LogP contribution in [0.2, 0.25) is 0 Å². The number of H-pyrrole nitrogens is 1. The second-order valence-corrected chi connectivity index (χ2v) is 4.63. The van der Waals surface area contributed by atoms with Crippen molar-refractivity contribution in [1.82, 2.24) is 4.98 Å². The summed E-state index contributed by atoms with van der Waals surface area (Å²) in [6, 6.07) is 9.10. The molecule has 2 aromatic carbocycles. The van der Waals surface area contributed by atoms with E-state index < -0.39 is 17.4 Å². The number of hydrogen-bond acceptors (Lipinski definition) is 1. The van der Waals surface area contributed by atoms with E-state index in [1.807, 2.05) is 0 Å². The fraction of sp³-hybridized carbons (Fsp3) is 0.0625. The summed E-state index contributed by atoms with van der Waals surface area (Å²) in [4.78, 5) is 15.3. The van der Waals surface area contributed by atoms with Gasteiger partial charge >= 0.3 is 0 Å². The van der Waals surface area contributed by atoms with Crippen LogP contribution in [0.4, 0.5) is 8.78 Å². The number of aryl methyl sites for hydroxylation is 1. The lowest BCUT2D eigenvalue weighted by atomic mass is 10.00. The summed E-state index contributed by atoms with van der Waals surface area (Å²) in [5, 5.41) is 0.193. The highest BCUT2D eigenvalue weighted by molar-refractivity contribution is 6.16. The molecule has 0 radical (unpaired) electrons. The molecule has 3 aromatic rings. The van der Waals surface area contributed by atoms with Gasteiger partial charge in [-0.15, -0.1) is 0 Å². The van der Waals surface area contributed by atoms with E-state index in [9.17, 15) is 13.6 Å². The van der Waals surface area contributed by atoms with Crippen LogP contribution in [-0.4, -0.2) is 10.8 Å². The highest BCUT2D eigenvalue weighted by atomic mass is 19.1. The number of benzene rings is 2. The molecule has 0 aliphatic rings. The lowest BCUT2D eigenvalue weighted by Gasteiger charge is -2.04. The first-order chi connectivity index (χ1) is 9.59. The Labute approximate surface area is 114 Å². The molecule has 0 saturated heterocycles. The summed E-state index contributed by atoms with van der Waals surface area (Å²) >= 11 is 0. The third-order valence-electron chi connectivity index (χ3n) is 3.34. The molecule has 0 atom stereocenters. The standard InChI is InChI=1S/C16H11F2NO/c1-9-4-2-5-10(15(9)18)16(20)11-8-19-13-7-3-6-12(17)14(11)13/h2-8,19H,1H3. The molecule has 0 fully saturated rings. The normalized spacial score (nSPS) is 10.9. The third kappa shape index (κ3) is 1.81. The van der Waals surface area contributed by atoms with E-state index in [0.717, 1.165) is 0 Å². The van der Waals surface area contributed by atoms with Crippen molar-refractivity contribution in [1.29, 1.82) is 0 Å². The van der Waals surface area contributed by atoms with Crippen molar-refractivity contribution >= 4 is 16.7 Å². The summed E-state index contributed by atoms with van der Waals surface area (Å²) in [6.45, 7) is 1.59. The van der Waals surface area contributed by atoms with Crippen LogP contribution < -0.4 is 0 Å². The smallest absolute Gasteiger partial charge is 0.198 e. The Kier molecular flexibility index (Phi) is 2.86. The van der Waals surface area contributed by atoms with E-state index in [1.54, 1.807) is 31.2 Å². The molecule has 1 N–H and O–H groups in total. The van der Waals surface area contributed by atoms with Crippen LogP contribution in [0.1, 0.15) is 21.5 Å². The molecule has 0 unspecified atom stereocenters. The number of aromatic nitrogens is 1. The number of halogens is 2. The van der Waals surface area contributed by atoms with Crippen LogP contribution in [0.5, 0.6) is 0 Å². The quantitative estimate of drug-likeness (QED) is 0.702. The highest BCUT2D eigenvalue weighted by Gasteiger charge is 2.20. The van der Waals surface area contributed by atoms with Gasteiger partial charge in [0, 0.05) is 17.1 Å². The summed E-state index contributed by atoms with van der Waals surface area (Å²) < 4.78 is 27.9. The first kappa shape index (κ1) is 12.5. The lowest BCUT2D eigenvalue weighted by molar-refractivity contribution is 0.103. The van der Waals surface area contributed by atoms with Crippen molar-refractivity contribution < 1.29 is 13.6 Å². The maximum Gasteiger partial charge on any atom is 0.198 e. The number of ketones is 1. The maximum atomic E-state index is 14.0. The van der Waals surface area contributed by atoms with Crippen LogP contribution in [0.25, 0.3) is 10.9 Å². The molecule has 3 rings (SSSR count). The Morgan fingerprint density at radius 1 is 1.05 bits per heavy atom. The summed E-state index contributed by atoms with van der Waals surface area (Å²) in [5.74, 6) is -1.59. The van der Waals surface area contributed by atoms with Gasteiger partial charge in [0.2, 0.25) is 0 Å². The van der Waals surface area contributed by atoms with E-state index in [2.05, 4.69) is 4.98 Å². The van der Waals surface area contributed by atoms with Crippen molar-refractivity contribution in [3.63, 3.8) is 0 Å². The molecule has 0 aliphatic heterocycles. The molecule has 0 bridgehead atoms. The van der Waals surface area contributed by atoms with Gasteiger partial charge in [0.15, 0.2) is 5.78 Å². The second kappa shape index (κ2) is 4.56. The van der Waals surface area contributed by atoms with E-state index in [1.165, 1.54) is 18.3 Å². The van der Waals surface area contributed by atoms with Gasteiger partial charge in [0.1, 0.15) is 11.6 Å². The van der Waals surface area contributed by atoms with Crippen LogP contribution in [0.3, 0.4) is 0 Å². The van der Waals surface area contributed by atoms with Gasteiger partial charge < -0.3 is 4.98 Å². The molecule has 2 nitrogen and oxygen atoms in total. The first-order valence-electron chi connectivity index (χ1n) is 6.15. The molecule has 0 aliphatic carbocycles. The highest BCUT2D eigenvalue weighted by Crippen LogP contribution is 2.25. The number of aromatic amines is 1. The molecular weight excluding hydrogens is 260 g/mol. The fourth-order valence-corrected chi connectivity index (χ4v) is 2.29. The van der Waals surface area contributed by atoms with Crippen molar-refractivity contribution in [3.05, 3.63) is 70.9 Å². The minimum absolute atomic E-state index is 0.0471. The number of fused-ring (bicyclic) bond motifs is 1. The topological polar surface area (TPSA) is 32.9 Å². The molecule has 0 saturated carbocycles. The number of nitrogens with one attached hydrogen (secondary N) is 1. The number of carbonyl (C=O) groups is 1. The molecular formula is C16H11F2NO. The molecule has 20 heavy (non-hydrogen) atoms. The zero-order chi connectivity index (χ0) is 14.3. The lowest BCUT2D eigenvalue weighted by Crippen LogP contribution is -2.05. The Morgan fingerprint density at radius 3 is 2.60 bits per heavy atom. The average Bonchev–Trinajstić information content (AvgIpc) is 2.86. The number of rotatable bonds is 2. The van der Waals surface area contributed by atoms with Gasteiger partial charge in [-0.25, -0.2) is 8.78 Å². The predicted octanol–water partition coefficient (Wildman–Crippen LogP) is 3.99. The number of carbonyl (C=O) groups excluding carboxylic acids is 1. The molecule has 100 valence electrons. The summed E-state index contributed by atoms with van der Waals surface area (Å²) in [7, 11) is 0. The molecule has 0 amide bonds. The van der Waals surface area contributed by atoms with Crippen LogP contribution >= 0.6 is 0 Å². The molecule has 1 heterocycles. The van der Waals surface area contributed by atoms with Gasteiger partial charge in [-0.1, -0.05) is 18.2 Å². The van der Waals surface area contributed by atoms with Crippen LogP contribution in [0, 0.1) is 18.6 Å². The Bertz CT molecular complexity index is 820. The zero-order valence-electron chi connectivity index (χ0n) is 10.7.